The van der Waals surface area contributed by atoms with Crippen molar-refractivity contribution in [2.45, 2.75) is 39.3 Å². The molecular weight excluding hydrogens is 292 g/mol. The molecule has 1 aliphatic heterocycles. The van der Waals surface area contributed by atoms with E-state index in [9.17, 15) is 4.79 Å². The van der Waals surface area contributed by atoms with Crippen molar-refractivity contribution in [3.8, 4) is 0 Å². The van der Waals surface area contributed by atoms with E-state index in [-0.39, 0.29) is 5.97 Å². The van der Waals surface area contributed by atoms with Gasteiger partial charge in [-0.3, -0.25) is 0 Å². The van der Waals surface area contributed by atoms with Crippen molar-refractivity contribution in [3.05, 3.63) is 42.1 Å². The maximum absolute atomic E-state index is 11.7. The molecule has 0 aliphatic carbocycles. The van der Waals surface area contributed by atoms with Gasteiger partial charge in [-0.2, -0.15) is 0 Å². The maximum Gasteiger partial charge on any atom is 0.339 e. The van der Waals surface area contributed by atoms with Gasteiger partial charge in [0.2, 0.25) is 0 Å². The summed E-state index contributed by atoms with van der Waals surface area (Å²) in [5, 5.41) is 0. The normalized spacial score (nSPS) is 17.5. The van der Waals surface area contributed by atoms with E-state index in [0.717, 1.165) is 37.6 Å². The third kappa shape index (κ3) is 3.36. The maximum atomic E-state index is 11.7. The van der Waals surface area contributed by atoms with Gasteiger partial charge in [-0.1, -0.05) is 0 Å². The van der Waals surface area contributed by atoms with Crippen molar-refractivity contribution >= 4 is 11.8 Å². The zero-order valence-corrected chi connectivity index (χ0v) is 13.6. The van der Waals surface area contributed by atoms with E-state index in [0.29, 0.717) is 18.2 Å². The van der Waals surface area contributed by atoms with Crippen LogP contribution in [-0.4, -0.2) is 39.7 Å². The lowest BCUT2D eigenvalue weighted by Crippen LogP contribution is -2.33. The van der Waals surface area contributed by atoms with Crippen molar-refractivity contribution in [2.24, 2.45) is 0 Å². The molecule has 3 heterocycles. The first-order chi connectivity index (χ1) is 11.2. The second kappa shape index (κ2) is 6.81. The molecular formula is C17H22N4O2. The number of carbonyl (C=O) groups excluding carboxylic acids is 1. The van der Waals surface area contributed by atoms with E-state index < -0.39 is 0 Å². The van der Waals surface area contributed by atoms with Gasteiger partial charge >= 0.3 is 5.97 Å². The average molecular weight is 314 g/mol. The first kappa shape index (κ1) is 15.5. The lowest BCUT2D eigenvalue weighted by molar-refractivity contribution is 0.0526. The molecule has 0 aromatic carbocycles. The molecule has 0 amide bonds. The van der Waals surface area contributed by atoms with E-state index in [1.54, 1.807) is 19.2 Å². The van der Waals surface area contributed by atoms with Gasteiger partial charge in [0, 0.05) is 37.7 Å². The van der Waals surface area contributed by atoms with Crippen LogP contribution >= 0.6 is 0 Å². The van der Waals surface area contributed by atoms with E-state index in [2.05, 4.69) is 19.4 Å². The first-order valence-corrected chi connectivity index (χ1v) is 8.06. The lowest BCUT2D eigenvalue weighted by atomic mass is 10.2. The molecule has 0 bridgehead atoms. The van der Waals surface area contributed by atoms with Crippen LogP contribution in [0.2, 0.25) is 0 Å². The van der Waals surface area contributed by atoms with Gasteiger partial charge in [0.15, 0.2) is 0 Å². The molecule has 1 saturated heterocycles. The SMILES string of the molecule is CCOC(=O)c1ccc(N2CCC[C@H]2Cn2ccnc2C)nc1. The molecule has 2 aromatic heterocycles. The number of rotatable bonds is 5. The molecule has 0 unspecified atom stereocenters. The van der Waals surface area contributed by atoms with Crippen LogP contribution in [0.5, 0.6) is 0 Å². The van der Waals surface area contributed by atoms with Crippen LogP contribution in [-0.2, 0) is 11.3 Å². The molecule has 6 heteroatoms. The van der Waals surface area contributed by atoms with Crippen LogP contribution in [0.4, 0.5) is 5.82 Å². The first-order valence-electron chi connectivity index (χ1n) is 8.06. The molecule has 0 saturated carbocycles. The number of ether oxygens (including phenoxy) is 1. The number of imidazole rings is 1. The topological polar surface area (TPSA) is 60.2 Å². The van der Waals surface area contributed by atoms with Gasteiger partial charge < -0.3 is 14.2 Å². The van der Waals surface area contributed by atoms with Gasteiger partial charge in [0.1, 0.15) is 11.6 Å². The Morgan fingerprint density at radius 1 is 1.39 bits per heavy atom. The highest BCUT2D eigenvalue weighted by Gasteiger charge is 2.26. The highest BCUT2D eigenvalue weighted by atomic mass is 16.5. The molecule has 0 spiro atoms. The molecule has 1 atom stereocenters. The zero-order chi connectivity index (χ0) is 16.2. The summed E-state index contributed by atoms with van der Waals surface area (Å²) in [4.78, 5) is 22.8. The van der Waals surface area contributed by atoms with Crippen LogP contribution in [0.15, 0.2) is 30.7 Å². The summed E-state index contributed by atoms with van der Waals surface area (Å²) in [5.41, 5.74) is 0.497. The van der Waals surface area contributed by atoms with Crippen molar-refractivity contribution in [3.63, 3.8) is 0 Å². The molecule has 0 radical (unpaired) electrons. The standard InChI is InChI=1S/C17H22N4O2/c1-3-23-17(22)14-6-7-16(19-11-14)21-9-4-5-15(21)12-20-10-8-18-13(20)2/h6-8,10-11,15H,3-5,9,12H2,1-2H3/t15-/m0/s1. The number of carbonyl (C=O) groups is 1. The second-order valence-corrected chi connectivity index (χ2v) is 5.74. The third-order valence-corrected chi connectivity index (χ3v) is 4.26. The minimum Gasteiger partial charge on any atom is -0.462 e. The summed E-state index contributed by atoms with van der Waals surface area (Å²) >= 11 is 0. The number of hydrogen-bond acceptors (Lipinski definition) is 5. The van der Waals surface area contributed by atoms with Gasteiger partial charge in [-0.25, -0.2) is 14.8 Å². The molecule has 3 rings (SSSR count). The minimum absolute atomic E-state index is 0.321. The van der Waals surface area contributed by atoms with E-state index in [4.69, 9.17) is 4.74 Å². The van der Waals surface area contributed by atoms with E-state index in [1.807, 2.05) is 25.4 Å². The Labute approximate surface area is 136 Å². The minimum atomic E-state index is -0.321. The Bertz CT molecular complexity index is 665. The van der Waals surface area contributed by atoms with Crippen LogP contribution in [0.3, 0.4) is 0 Å². The predicted molar refractivity (Wildman–Crippen MR) is 87.5 cm³/mol. The average Bonchev–Trinajstić information content (AvgIpc) is 3.18. The van der Waals surface area contributed by atoms with Crippen LogP contribution in [0.1, 0.15) is 35.9 Å². The summed E-state index contributed by atoms with van der Waals surface area (Å²) in [6.45, 7) is 6.09. The molecule has 1 fully saturated rings. The van der Waals surface area contributed by atoms with E-state index >= 15 is 0 Å². The molecule has 2 aromatic rings. The number of aromatic nitrogens is 3. The predicted octanol–water partition coefficient (Wildman–Crippen LogP) is 2.43. The van der Waals surface area contributed by atoms with Crippen LogP contribution in [0.25, 0.3) is 0 Å². The Hall–Kier alpha value is -2.37. The fourth-order valence-electron chi connectivity index (χ4n) is 3.04. The van der Waals surface area contributed by atoms with Crippen molar-refractivity contribution < 1.29 is 9.53 Å². The molecule has 0 N–H and O–H groups in total. The monoisotopic (exact) mass is 314 g/mol. The summed E-state index contributed by atoms with van der Waals surface area (Å²) in [6.07, 6.45) is 7.74. The Morgan fingerprint density at radius 2 is 2.26 bits per heavy atom. The molecule has 6 nitrogen and oxygen atoms in total. The summed E-state index contributed by atoms with van der Waals surface area (Å²) in [5.74, 6) is 1.62. The second-order valence-electron chi connectivity index (χ2n) is 5.74. The quantitative estimate of drug-likeness (QED) is 0.793. The van der Waals surface area contributed by atoms with Gasteiger partial charge in [-0.05, 0) is 38.8 Å². The number of pyridine rings is 1. The summed E-state index contributed by atoms with van der Waals surface area (Å²) < 4.78 is 7.17. The smallest absolute Gasteiger partial charge is 0.339 e. The lowest BCUT2D eigenvalue weighted by Gasteiger charge is -2.26. The number of hydrogen-bond donors (Lipinski definition) is 0. The molecule has 1 aliphatic rings. The van der Waals surface area contributed by atoms with Crippen molar-refractivity contribution in [2.75, 3.05) is 18.1 Å². The van der Waals surface area contributed by atoms with E-state index in [1.165, 1.54) is 0 Å². The Balaban J connectivity index is 1.72. The van der Waals surface area contributed by atoms with Crippen LogP contribution < -0.4 is 4.90 Å². The number of anilines is 1. The fraction of sp³-hybridized carbons (Fsp3) is 0.471. The number of esters is 1. The van der Waals surface area contributed by atoms with Crippen molar-refractivity contribution in [1.29, 1.82) is 0 Å². The van der Waals surface area contributed by atoms with Crippen LogP contribution in [0, 0.1) is 6.92 Å². The third-order valence-electron chi connectivity index (χ3n) is 4.26. The van der Waals surface area contributed by atoms with Gasteiger partial charge in [-0.15, -0.1) is 0 Å². The fourth-order valence-corrected chi connectivity index (χ4v) is 3.04. The summed E-state index contributed by atoms with van der Waals surface area (Å²) in [7, 11) is 0. The Morgan fingerprint density at radius 3 is 2.91 bits per heavy atom. The number of nitrogens with zero attached hydrogens (tertiary/aromatic N) is 4. The molecule has 122 valence electrons. The largest absolute Gasteiger partial charge is 0.462 e. The molecule has 23 heavy (non-hydrogen) atoms. The zero-order valence-electron chi connectivity index (χ0n) is 13.6. The van der Waals surface area contributed by atoms with Gasteiger partial charge in [0.25, 0.3) is 0 Å². The highest BCUT2D eigenvalue weighted by molar-refractivity contribution is 5.89. The Kier molecular flexibility index (Phi) is 4.60. The van der Waals surface area contributed by atoms with Gasteiger partial charge in [0.05, 0.1) is 12.2 Å². The van der Waals surface area contributed by atoms with Crippen molar-refractivity contribution in [1.82, 2.24) is 14.5 Å². The highest BCUT2D eigenvalue weighted by Crippen LogP contribution is 2.25. The number of aryl methyl sites for hydroxylation is 1. The summed E-state index contributed by atoms with van der Waals surface area (Å²) in [6, 6.07) is 4.10.